The molecule has 138 valence electrons. The lowest BCUT2D eigenvalue weighted by Gasteiger charge is -2.31. The fourth-order valence-corrected chi connectivity index (χ4v) is 4.04. The van der Waals surface area contributed by atoms with Gasteiger partial charge in [-0.25, -0.2) is 0 Å². The van der Waals surface area contributed by atoms with Crippen molar-refractivity contribution in [2.75, 3.05) is 25.0 Å². The largest absolute Gasteiger partial charge is 0.489 e. The minimum Gasteiger partial charge on any atom is -0.489 e. The molecule has 0 saturated carbocycles. The molecular weight excluding hydrogens is 343 g/mol. The molecule has 0 bridgehead atoms. The number of fused-ring (bicyclic) bond motifs is 3. The van der Waals surface area contributed by atoms with E-state index in [0.29, 0.717) is 12.2 Å². The summed E-state index contributed by atoms with van der Waals surface area (Å²) in [7, 11) is 1.77. The van der Waals surface area contributed by atoms with Gasteiger partial charge in [-0.15, -0.1) is 0 Å². The number of aromatic nitrogens is 1. The van der Waals surface area contributed by atoms with E-state index in [9.17, 15) is 13.2 Å². The maximum absolute atomic E-state index is 13.7. The Morgan fingerprint density at radius 1 is 1.27 bits per heavy atom. The molecule has 0 spiro atoms. The normalized spacial score (nSPS) is 22.1. The summed E-state index contributed by atoms with van der Waals surface area (Å²) in [6.45, 7) is 1.72. The number of halogens is 3. The first kappa shape index (κ1) is 17.1. The molecule has 2 aliphatic rings. The minimum atomic E-state index is -4.42. The second-order valence-electron chi connectivity index (χ2n) is 6.83. The van der Waals surface area contributed by atoms with E-state index >= 15 is 0 Å². The average Bonchev–Trinajstić information content (AvgIpc) is 2.92. The van der Waals surface area contributed by atoms with Gasteiger partial charge in [-0.3, -0.25) is 4.98 Å². The number of benzene rings is 1. The molecule has 1 N–H and O–H groups in total. The first-order valence-corrected chi connectivity index (χ1v) is 8.65. The summed E-state index contributed by atoms with van der Waals surface area (Å²) in [6.07, 6.45) is -0.318. The van der Waals surface area contributed by atoms with Gasteiger partial charge in [-0.2, -0.15) is 13.2 Å². The van der Waals surface area contributed by atoms with Crippen LogP contribution in [-0.4, -0.2) is 31.2 Å². The summed E-state index contributed by atoms with van der Waals surface area (Å²) in [4.78, 5) is 5.73. The number of alkyl halides is 3. The van der Waals surface area contributed by atoms with Gasteiger partial charge in [0.15, 0.2) is 0 Å². The third-order valence-electron chi connectivity index (χ3n) is 5.27. The Balaban J connectivity index is 1.71. The first-order valence-electron chi connectivity index (χ1n) is 8.65. The number of ether oxygens (including phenoxy) is 1. The van der Waals surface area contributed by atoms with Crippen LogP contribution in [0.2, 0.25) is 0 Å². The van der Waals surface area contributed by atoms with Crippen LogP contribution >= 0.6 is 0 Å². The molecule has 0 radical (unpaired) electrons. The molecule has 1 saturated heterocycles. The Hall–Kier alpha value is -2.28. The zero-order valence-corrected chi connectivity index (χ0v) is 14.4. The van der Waals surface area contributed by atoms with Gasteiger partial charge in [0.1, 0.15) is 12.4 Å². The van der Waals surface area contributed by atoms with Gasteiger partial charge in [0.2, 0.25) is 0 Å². The smallest absolute Gasteiger partial charge is 0.418 e. The van der Waals surface area contributed by atoms with Crippen LogP contribution in [0.3, 0.4) is 0 Å². The molecule has 7 heteroatoms. The van der Waals surface area contributed by atoms with E-state index in [1.165, 1.54) is 0 Å². The number of nitrogens with one attached hydrogen (secondary N) is 1. The van der Waals surface area contributed by atoms with Crippen LogP contribution in [0.1, 0.15) is 29.0 Å². The van der Waals surface area contributed by atoms with Crippen LogP contribution < -0.4 is 15.0 Å². The lowest BCUT2D eigenvalue weighted by Crippen LogP contribution is -2.42. The van der Waals surface area contributed by atoms with Gasteiger partial charge in [-0.1, -0.05) is 0 Å². The molecule has 3 heterocycles. The molecule has 2 aromatic rings. The summed E-state index contributed by atoms with van der Waals surface area (Å²) in [6, 6.07) is 6.57. The van der Waals surface area contributed by atoms with Crippen molar-refractivity contribution in [2.45, 2.75) is 31.2 Å². The van der Waals surface area contributed by atoms with Crippen molar-refractivity contribution >= 4 is 5.69 Å². The van der Waals surface area contributed by atoms with E-state index in [2.05, 4.69) is 10.3 Å². The summed E-state index contributed by atoms with van der Waals surface area (Å²) < 4.78 is 46.9. The fourth-order valence-electron chi connectivity index (χ4n) is 4.04. The van der Waals surface area contributed by atoms with Gasteiger partial charge < -0.3 is 15.0 Å². The summed E-state index contributed by atoms with van der Waals surface area (Å²) >= 11 is 0. The van der Waals surface area contributed by atoms with E-state index in [1.807, 2.05) is 0 Å². The molecule has 0 amide bonds. The number of piperidine rings is 1. The van der Waals surface area contributed by atoms with Gasteiger partial charge >= 0.3 is 6.18 Å². The van der Waals surface area contributed by atoms with Crippen molar-refractivity contribution in [3.63, 3.8) is 0 Å². The van der Waals surface area contributed by atoms with Crippen LogP contribution in [0.15, 0.2) is 36.7 Å². The first-order chi connectivity index (χ1) is 12.4. The topological polar surface area (TPSA) is 37.4 Å². The number of hydrogen-bond donors (Lipinski definition) is 1. The van der Waals surface area contributed by atoms with Crippen molar-refractivity contribution in [3.8, 4) is 5.75 Å². The number of hydrogen-bond acceptors (Lipinski definition) is 4. The fraction of sp³-hybridized carbons (Fsp3) is 0.421. The lowest BCUT2D eigenvalue weighted by molar-refractivity contribution is -0.137. The Kier molecular flexibility index (Phi) is 4.26. The van der Waals surface area contributed by atoms with E-state index in [1.54, 1.807) is 42.5 Å². The number of nitrogens with zero attached hydrogens (tertiary/aromatic N) is 2. The van der Waals surface area contributed by atoms with E-state index in [-0.39, 0.29) is 24.3 Å². The van der Waals surface area contributed by atoms with Gasteiger partial charge in [0, 0.05) is 37.9 Å². The SMILES string of the molecule is CN1c2c(cc(OCc3ccncc3)cc2C(F)(F)F)[C@@H]2CNCC[C@@H]21. The molecule has 1 aromatic carbocycles. The Morgan fingerprint density at radius 3 is 2.77 bits per heavy atom. The maximum atomic E-state index is 13.7. The Labute approximate surface area is 150 Å². The number of pyridine rings is 1. The van der Waals surface area contributed by atoms with Gasteiger partial charge in [-0.05, 0) is 48.4 Å². The highest BCUT2D eigenvalue weighted by atomic mass is 19.4. The predicted molar refractivity (Wildman–Crippen MR) is 92.4 cm³/mol. The van der Waals surface area contributed by atoms with E-state index < -0.39 is 11.7 Å². The highest BCUT2D eigenvalue weighted by Gasteiger charge is 2.45. The zero-order valence-electron chi connectivity index (χ0n) is 14.4. The average molecular weight is 363 g/mol. The summed E-state index contributed by atoms with van der Waals surface area (Å²) in [5.74, 6) is 0.307. The highest BCUT2D eigenvalue weighted by molar-refractivity contribution is 5.69. The Morgan fingerprint density at radius 2 is 2.04 bits per heavy atom. The second kappa shape index (κ2) is 6.46. The molecule has 0 unspecified atom stereocenters. The van der Waals surface area contributed by atoms with Gasteiger partial charge in [0.05, 0.1) is 11.3 Å². The molecule has 1 aromatic heterocycles. The summed E-state index contributed by atoms with van der Waals surface area (Å²) in [5, 5.41) is 3.30. The lowest BCUT2D eigenvalue weighted by atomic mass is 9.89. The van der Waals surface area contributed by atoms with Crippen LogP contribution in [-0.2, 0) is 12.8 Å². The standard InChI is InChI=1S/C19H20F3N3O/c1-25-17-4-7-24-10-15(17)14-8-13(9-16(18(14)25)19(20,21)22)26-11-12-2-5-23-6-3-12/h2-3,5-6,8-9,15,17,24H,4,7,10-11H2,1H3/t15-,17-/m0/s1. The monoisotopic (exact) mass is 363 g/mol. The zero-order chi connectivity index (χ0) is 18.3. The van der Waals surface area contributed by atoms with Crippen LogP contribution in [0.5, 0.6) is 5.75 Å². The maximum Gasteiger partial charge on any atom is 0.418 e. The molecule has 26 heavy (non-hydrogen) atoms. The van der Waals surface area contributed by atoms with Crippen molar-refractivity contribution in [1.82, 2.24) is 10.3 Å². The molecule has 4 nitrogen and oxygen atoms in total. The third-order valence-corrected chi connectivity index (χ3v) is 5.27. The van der Waals surface area contributed by atoms with E-state index in [0.717, 1.165) is 30.2 Å². The predicted octanol–water partition coefficient (Wildman–Crippen LogP) is 3.57. The van der Waals surface area contributed by atoms with Crippen molar-refractivity contribution in [1.29, 1.82) is 0 Å². The van der Waals surface area contributed by atoms with Crippen molar-refractivity contribution in [3.05, 3.63) is 53.3 Å². The molecule has 4 rings (SSSR count). The number of likely N-dealkylation sites (N-methyl/N-ethyl adjacent to an activating group) is 1. The highest BCUT2D eigenvalue weighted by Crippen LogP contribution is 2.50. The molecular formula is C19H20F3N3O. The second-order valence-corrected chi connectivity index (χ2v) is 6.83. The van der Waals surface area contributed by atoms with Crippen LogP contribution in [0, 0.1) is 0 Å². The van der Waals surface area contributed by atoms with Crippen LogP contribution in [0.4, 0.5) is 18.9 Å². The van der Waals surface area contributed by atoms with Gasteiger partial charge in [0.25, 0.3) is 0 Å². The Bertz CT molecular complexity index is 795. The third kappa shape index (κ3) is 3.00. The molecule has 1 fully saturated rings. The molecule has 0 aliphatic carbocycles. The molecule has 2 aliphatic heterocycles. The molecule has 2 atom stereocenters. The number of rotatable bonds is 3. The summed E-state index contributed by atoms with van der Waals surface area (Å²) in [5.41, 5.74) is 1.27. The minimum absolute atomic E-state index is 0.0503. The van der Waals surface area contributed by atoms with E-state index in [4.69, 9.17) is 4.74 Å². The van der Waals surface area contributed by atoms with Crippen molar-refractivity contribution < 1.29 is 17.9 Å². The number of anilines is 1. The van der Waals surface area contributed by atoms with Crippen LogP contribution in [0.25, 0.3) is 0 Å². The van der Waals surface area contributed by atoms with Crippen molar-refractivity contribution in [2.24, 2.45) is 0 Å². The quantitative estimate of drug-likeness (QED) is 0.905.